The molecule has 0 atom stereocenters. The third-order valence-corrected chi connectivity index (χ3v) is 4.52. The SMILES string of the molecule is CC(C)c1ccc(-c2c[nH]cc2-c2ccc(C(C)C)cc2)cc1. The van der Waals surface area contributed by atoms with E-state index in [-0.39, 0.29) is 0 Å². The Morgan fingerprint density at radius 3 is 1.22 bits per heavy atom. The maximum atomic E-state index is 3.27. The lowest BCUT2D eigenvalue weighted by atomic mass is 9.94. The van der Waals surface area contributed by atoms with Crippen LogP contribution in [0.4, 0.5) is 0 Å². The van der Waals surface area contributed by atoms with Gasteiger partial charge in [0.05, 0.1) is 0 Å². The molecule has 3 aromatic rings. The molecule has 0 aliphatic heterocycles. The Hall–Kier alpha value is -2.28. The molecule has 0 saturated heterocycles. The molecule has 2 aromatic carbocycles. The van der Waals surface area contributed by atoms with Gasteiger partial charge in [-0.15, -0.1) is 0 Å². The molecule has 0 aliphatic carbocycles. The quantitative estimate of drug-likeness (QED) is 0.559. The fourth-order valence-electron chi connectivity index (χ4n) is 2.94. The normalized spacial score (nSPS) is 11.4. The standard InChI is InChI=1S/C22H25N/c1-15(2)17-5-9-19(10-6-17)21-13-23-14-22(21)20-11-7-18(8-12-20)16(3)4/h5-16,23H,1-4H3. The van der Waals surface area contributed by atoms with Crippen LogP contribution >= 0.6 is 0 Å². The van der Waals surface area contributed by atoms with E-state index in [2.05, 4.69) is 93.6 Å². The molecule has 1 aromatic heterocycles. The average Bonchev–Trinajstić information content (AvgIpc) is 3.04. The van der Waals surface area contributed by atoms with Crippen LogP contribution in [0.25, 0.3) is 22.3 Å². The summed E-state index contributed by atoms with van der Waals surface area (Å²) in [4.78, 5) is 3.27. The van der Waals surface area contributed by atoms with Crippen molar-refractivity contribution in [2.75, 3.05) is 0 Å². The highest BCUT2D eigenvalue weighted by Crippen LogP contribution is 2.33. The Kier molecular flexibility index (Phi) is 4.38. The molecule has 0 radical (unpaired) electrons. The molecular weight excluding hydrogens is 278 g/mol. The molecule has 0 bridgehead atoms. The number of aromatic amines is 1. The third-order valence-electron chi connectivity index (χ3n) is 4.52. The van der Waals surface area contributed by atoms with Gasteiger partial charge in [-0.1, -0.05) is 76.2 Å². The van der Waals surface area contributed by atoms with Crippen molar-refractivity contribution in [3.05, 3.63) is 72.1 Å². The molecule has 23 heavy (non-hydrogen) atoms. The summed E-state index contributed by atoms with van der Waals surface area (Å²) in [5.41, 5.74) is 7.81. The Morgan fingerprint density at radius 1 is 0.565 bits per heavy atom. The monoisotopic (exact) mass is 303 g/mol. The van der Waals surface area contributed by atoms with Crippen LogP contribution in [0.2, 0.25) is 0 Å². The van der Waals surface area contributed by atoms with Crippen LogP contribution in [0, 0.1) is 0 Å². The fraction of sp³-hybridized carbons (Fsp3) is 0.273. The van der Waals surface area contributed by atoms with Crippen LogP contribution in [0.1, 0.15) is 50.7 Å². The van der Waals surface area contributed by atoms with Gasteiger partial charge < -0.3 is 4.98 Å². The highest BCUT2D eigenvalue weighted by Gasteiger charge is 2.10. The van der Waals surface area contributed by atoms with Crippen molar-refractivity contribution in [2.45, 2.75) is 39.5 Å². The first-order chi connectivity index (χ1) is 11.1. The van der Waals surface area contributed by atoms with E-state index in [0.29, 0.717) is 11.8 Å². The molecule has 0 aliphatic rings. The molecule has 1 heteroatoms. The lowest BCUT2D eigenvalue weighted by molar-refractivity contribution is 0.867. The number of rotatable bonds is 4. The molecule has 3 rings (SSSR count). The van der Waals surface area contributed by atoms with Gasteiger partial charge in [0.15, 0.2) is 0 Å². The van der Waals surface area contributed by atoms with Crippen molar-refractivity contribution < 1.29 is 0 Å². The van der Waals surface area contributed by atoms with Gasteiger partial charge in [-0.2, -0.15) is 0 Å². The van der Waals surface area contributed by atoms with Crippen LogP contribution in [0.3, 0.4) is 0 Å². The van der Waals surface area contributed by atoms with E-state index >= 15 is 0 Å². The highest BCUT2D eigenvalue weighted by atomic mass is 14.6. The number of H-pyrrole nitrogens is 1. The number of benzene rings is 2. The smallest absolute Gasteiger partial charge is 0.00906 e. The molecular formula is C22H25N. The minimum atomic E-state index is 0.568. The van der Waals surface area contributed by atoms with E-state index in [4.69, 9.17) is 0 Å². The summed E-state index contributed by atoms with van der Waals surface area (Å²) in [5.74, 6) is 1.14. The van der Waals surface area contributed by atoms with Gasteiger partial charge in [0.2, 0.25) is 0 Å². The van der Waals surface area contributed by atoms with Crippen LogP contribution in [0.5, 0.6) is 0 Å². The van der Waals surface area contributed by atoms with Crippen molar-refractivity contribution in [1.29, 1.82) is 0 Å². The van der Waals surface area contributed by atoms with Crippen LogP contribution in [-0.4, -0.2) is 4.98 Å². The largest absolute Gasteiger partial charge is 0.366 e. The second-order valence-electron chi connectivity index (χ2n) is 6.84. The summed E-state index contributed by atoms with van der Waals surface area (Å²) >= 11 is 0. The number of hydrogen-bond donors (Lipinski definition) is 1. The van der Waals surface area contributed by atoms with Gasteiger partial charge in [0.25, 0.3) is 0 Å². The van der Waals surface area contributed by atoms with Crippen LogP contribution in [-0.2, 0) is 0 Å². The highest BCUT2D eigenvalue weighted by molar-refractivity contribution is 5.83. The Bertz CT molecular complexity index is 692. The molecule has 0 amide bonds. The van der Waals surface area contributed by atoms with Crippen molar-refractivity contribution in [3.63, 3.8) is 0 Å². The molecule has 1 nitrogen and oxygen atoms in total. The zero-order valence-electron chi connectivity index (χ0n) is 14.4. The van der Waals surface area contributed by atoms with E-state index in [1.165, 1.54) is 33.4 Å². The first-order valence-corrected chi connectivity index (χ1v) is 8.43. The predicted molar refractivity (Wildman–Crippen MR) is 99.8 cm³/mol. The van der Waals surface area contributed by atoms with Gasteiger partial charge in [0, 0.05) is 23.5 Å². The van der Waals surface area contributed by atoms with E-state index < -0.39 is 0 Å². The van der Waals surface area contributed by atoms with Crippen molar-refractivity contribution >= 4 is 0 Å². The molecule has 118 valence electrons. The minimum absolute atomic E-state index is 0.568. The maximum Gasteiger partial charge on any atom is 0.00906 e. The van der Waals surface area contributed by atoms with Crippen molar-refractivity contribution in [1.82, 2.24) is 4.98 Å². The van der Waals surface area contributed by atoms with Crippen molar-refractivity contribution in [3.8, 4) is 22.3 Å². The summed E-state index contributed by atoms with van der Waals surface area (Å²) in [6, 6.07) is 17.8. The van der Waals surface area contributed by atoms with Crippen LogP contribution < -0.4 is 0 Å². The first kappa shape index (κ1) is 15.6. The van der Waals surface area contributed by atoms with Gasteiger partial charge in [-0.3, -0.25) is 0 Å². The summed E-state index contributed by atoms with van der Waals surface area (Å²) in [6.07, 6.45) is 4.19. The van der Waals surface area contributed by atoms with Crippen LogP contribution in [0.15, 0.2) is 60.9 Å². The Morgan fingerprint density at radius 2 is 0.913 bits per heavy atom. The fourth-order valence-corrected chi connectivity index (χ4v) is 2.94. The van der Waals surface area contributed by atoms with E-state index in [0.717, 1.165) is 0 Å². The lowest BCUT2D eigenvalue weighted by Crippen LogP contribution is -1.88. The first-order valence-electron chi connectivity index (χ1n) is 8.43. The maximum absolute atomic E-state index is 3.27. The number of aromatic nitrogens is 1. The second-order valence-corrected chi connectivity index (χ2v) is 6.84. The summed E-state index contributed by atoms with van der Waals surface area (Å²) in [5, 5.41) is 0. The average molecular weight is 303 g/mol. The lowest BCUT2D eigenvalue weighted by Gasteiger charge is -2.09. The topological polar surface area (TPSA) is 15.8 Å². The molecule has 1 N–H and O–H groups in total. The van der Waals surface area contributed by atoms with Gasteiger partial charge in [-0.05, 0) is 34.1 Å². The second kappa shape index (κ2) is 6.45. The Balaban J connectivity index is 1.95. The molecule has 0 fully saturated rings. The minimum Gasteiger partial charge on any atom is -0.366 e. The van der Waals surface area contributed by atoms with Gasteiger partial charge >= 0.3 is 0 Å². The van der Waals surface area contributed by atoms with E-state index in [9.17, 15) is 0 Å². The number of hydrogen-bond acceptors (Lipinski definition) is 0. The molecule has 0 unspecified atom stereocenters. The van der Waals surface area contributed by atoms with E-state index in [1.807, 2.05) is 0 Å². The molecule has 0 spiro atoms. The van der Waals surface area contributed by atoms with Crippen molar-refractivity contribution in [2.24, 2.45) is 0 Å². The summed E-state index contributed by atoms with van der Waals surface area (Å²) in [6.45, 7) is 8.92. The third kappa shape index (κ3) is 3.24. The molecule has 0 saturated carbocycles. The molecule has 1 heterocycles. The predicted octanol–water partition coefficient (Wildman–Crippen LogP) is 6.60. The number of nitrogens with one attached hydrogen (secondary N) is 1. The zero-order valence-corrected chi connectivity index (χ0v) is 14.4. The van der Waals surface area contributed by atoms with Gasteiger partial charge in [-0.25, -0.2) is 0 Å². The van der Waals surface area contributed by atoms with Gasteiger partial charge in [0.1, 0.15) is 0 Å². The summed E-state index contributed by atoms with van der Waals surface area (Å²) < 4.78 is 0. The Labute approximate surface area is 139 Å². The van der Waals surface area contributed by atoms with E-state index in [1.54, 1.807) is 0 Å². The summed E-state index contributed by atoms with van der Waals surface area (Å²) in [7, 11) is 0. The zero-order chi connectivity index (χ0) is 16.4.